The van der Waals surface area contributed by atoms with E-state index in [1.807, 2.05) is 6.92 Å². The maximum absolute atomic E-state index is 13.4. The Morgan fingerprint density at radius 3 is 2.77 bits per heavy atom. The average Bonchev–Trinajstić information content (AvgIpc) is 2.93. The molecule has 3 rings (SSSR count). The lowest BCUT2D eigenvalue weighted by molar-refractivity contribution is -0.387. The molecule has 0 unspecified atom stereocenters. The summed E-state index contributed by atoms with van der Waals surface area (Å²) in [6.07, 6.45) is 0. The second kappa shape index (κ2) is 6.83. The molecule has 0 aliphatic rings. The standard InChI is InChI=1S/C18H15FN2O5/c1-3-25-12-5-7-16-13(9-12)10(2)17(26-16)18(22)20-11-4-6-14(19)15(8-11)21(23)24/h4-9H,3H2,1-2H3,(H,20,22). The SMILES string of the molecule is CCOc1ccc2oc(C(=O)Nc3ccc(F)c([N+](=O)[O-])c3)c(C)c2c1. The van der Waals surface area contributed by atoms with Crippen molar-refractivity contribution in [1.29, 1.82) is 0 Å². The van der Waals surface area contributed by atoms with Crippen molar-refractivity contribution in [2.45, 2.75) is 13.8 Å². The summed E-state index contributed by atoms with van der Waals surface area (Å²) in [4.78, 5) is 22.4. The van der Waals surface area contributed by atoms with Crippen molar-refractivity contribution in [3.63, 3.8) is 0 Å². The second-order valence-electron chi connectivity index (χ2n) is 5.52. The first-order chi connectivity index (χ1) is 12.4. The van der Waals surface area contributed by atoms with Crippen LogP contribution in [0.25, 0.3) is 11.0 Å². The van der Waals surface area contributed by atoms with Crippen LogP contribution in [-0.4, -0.2) is 17.4 Å². The van der Waals surface area contributed by atoms with E-state index in [1.54, 1.807) is 25.1 Å². The molecule has 134 valence electrons. The molecule has 0 fully saturated rings. The van der Waals surface area contributed by atoms with E-state index in [1.165, 1.54) is 6.07 Å². The Morgan fingerprint density at radius 1 is 1.31 bits per heavy atom. The Labute approximate surface area is 147 Å². The van der Waals surface area contributed by atoms with Crippen LogP contribution in [-0.2, 0) is 0 Å². The summed E-state index contributed by atoms with van der Waals surface area (Å²) in [5, 5.41) is 14.0. The Balaban J connectivity index is 1.92. The van der Waals surface area contributed by atoms with Gasteiger partial charge in [0.05, 0.1) is 11.5 Å². The number of anilines is 1. The third-order valence-corrected chi connectivity index (χ3v) is 3.83. The molecule has 0 radical (unpaired) electrons. The molecule has 0 atom stereocenters. The van der Waals surface area contributed by atoms with Crippen molar-refractivity contribution in [1.82, 2.24) is 0 Å². The van der Waals surface area contributed by atoms with Crippen LogP contribution < -0.4 is 10.1 Å². The molecule has 0 aliphatic carbocycles. The normalized spacial score (nSPS) is 10.7. The molecule has 0 saturated carbocycles. The highest BCUT2D eigenvalue weighted by Crippen LogP contribution is 2.30. The van der Waals surface area contributed by atoms with E-state index in [2.05, 4.69) is 5.32 Å². The van der Waals surface area contributed by atoms with Gasteiger partial charge in [-0.25, -0.2) is 0 Å². The molecular formula is C18H15FN2O5. The van der Waals surface area contributed by atoms with Gasteiger partial charge in [0.25, 0.3) is 5.91 Å². The van der Waals surface area contributed by atoms with Gasteiger partial charge in [-0.3, -0.25) is 14.9 Å². The van der Waals surface area contributed by atoms with Crippen LogP contribution >= 0.6 is 0 Å². The van der Waals surface area contributed by atoms with Crippen LogP contribution in [0.5, 0.6) is 5.75 Å². The van der Waals surface area contributed by atoms with Crippen LogP contribution in [0.3, 0.4) is 0 Å². The third-order valence-electron chi connectivity index (χ3n) is 3.83. The number of hydrogen-bond acceptors (Lipinski definition) is 5. The van der Waals surface area contributed by atoms with Crippen LogP contribution in [0.1, 0.15) is 23.0 Å². The van der Waals surface area contributed by atoms with Crippen molar-refractivity contribution < 1.29 is 23.3 Å². The van der Waals surface area contributed by atoms with Crippen molar-refractivity contribution in [2.75, 3.05) is 11.9 Å². The van der Waals surface area contributed by atoms with Crippen LogP contribution in [0, 0.1) is 22.9 Å². The summed E-state index contributed by atoms with van der Waals surface area (Å²) in [5.74, 6) is -0.834. The molecule has 2 aromatic carbocycles. The third kappa shape index (κ3) is 3.21. The minimum Gasteiger partial charge on any atom is -0.494 e. The molecular weight excluding hydrogens is 343 g/mol. The molecule has 0 spiro atoms. The van der Waals surface area contributed by atoms with Gasteiger partial charge in [0.2, 0.25) is 5.82 Å². The molecule has 1 aromatic heterocycles. The average molecular weight is 358 g/mol. The molecule has 0 saturated heterocycles. The fourth-order valence-electron chi connectivity index (χ4n) is 2.59. The predicted molar refractivity (Wildman–Crippen MR) is 93.1 cm³/mol. The number of carbonyl (C=O) groups excluding carboxylic acids is 1. The number of furan rings is 1. The predicted octanol–water partition coefficient (Wildman–Crippen LogP) is 4.44. The summed E-state index contributed by atoms with van der Waals surface area (Å²) in [7, 11) is 0. The highest BCUT2D eigenvalue weighted by Gasteiger charge is 2.20. The molecule has 1 N–H and O–H groups in total. The van der Waals surface area contributed by atoms with Gasteiger partial charge < -0.3 is 14.5 Å². The lowest BCUT2D eigenvalue weighted by atomic mass is 10.1. The van der Waals surface area contributed by atoms with E-state index in [-0.39, 0.29) is 11.4 Å². The molecule has 7 nitrogen and oxygen atoms in total. The zero-order valence-corrected chi connectivity index (χ0v) is 14.0. The number of fused-ring (bicyclic) bond motifs is 1. The first kappa shape index (κ1) is 17.4. The van der Waals surface area contributed by atoms with E-state index in [4.69, 9.17) is 9.15 Å². The maximum Gasteiger partial charge on any atom is 0.306 e. The fourth-order valence-corrected chi connectivity index (χ4v) is 2.59. The van der Waals surface area contributed by atoms with Gasteiger partial charge in [-0.1, -0.05) is 0 Å². The maximum atomic E-state index is 13.4. The summed E-state index contributed by atoms with van der Waals surface area (Å²) in [5.41, 5.74) is 0.500. The number of amides is 1. The molecule has 8 heteroatoms. The molecule has 1 amide bonds. The van der Waals surface area contributed by atoms with Gasteiger partial charge in [-0.2, -0.15) is 4.39 Å². The van der Waals surface area contributed by atoms with Gasteiger partial charge >= 0.3 is 5.69 Å². The quantitative estimate of drug-likeness (QED) is 0.537. The number of nitro groups is 1. The number of nitro benzene ring substituents is 1. The number of ether oxygens (including phenoxy) is 1. The zero-order chi connectivity index (χ0) is 18.8. The van der Waals surface area contributed by atoms with E-state index < -0.39 is 22.3 Å². The van der Waals surface area contributed by atoms with Crippen LogP contribution in [0.2, 0.25) is 0 Å². The van der Waals surface area contributed by atoms with Gasteiger partial charge in [-0.05, 0) is 44.2 Å². The monoisotopic (exact) mass is 358 g/mol. The highest BCUT2D eigenvalue weighted by atomic mass is 19.1. The number of benzene rings is 2. The Bertz CT molecular complexity index is 1010. The van der Waals surface area contributed by atoms with Crippen molar-refractivity contribution in [3.05, 3.63) is 63.7 Å². The first-order valence-corrected chi connectivity index (χ1v) is 7.82. The summed E-state index contributed by atoms with van der Waals surface area (Å²) < 4.78 is 24.4. The smallest absolute Gasteiger partial charge is 0.306 e. The van der Waals surface area contributed by atoms with Crippen molar-refractivity contribution in [3.8, 4) is 5.75 Å². The lowest BCUT2D eigenvalue weighted by Gasteiger charge is -2.04. The number of nitrogens with zero attached hydrogens (tertiary/aromatic N) is 1. The second-order valence-corrected chi connectivity index (χ2v) is 5.52. The van der Waals surface area contributed by atoms with Crippen molar-refractivity contribution >= 4 is 28.3 Å². The molecule has 0 bridgehead atoms. The summed E-state index contributed by atoms with van der Waals surface area (Å²) in [6, 6.07) is 8.33. The number of rotatable bonds is 5. The van der Waals surface area contributed by atoms with E-state index in [0.29, 0.717) is 23.5 Å². The van der Waals surface area contributed by atoms with Gasteiger partial charge in [0, 0.05) is 22.7 Å². The van der Waals surface area contributed by atoms with Gasteiger partial charge in [0.1, 0.15) is 11.3 Å². The zero-order valence-electron chi connectivity index (χ0n) is 14.0. The number of halogens is 1. The van der Waals surface area contributed by atoms with E-state index in [0.717, 1.165) is 17.5 Å². The molecule has 3 aromatic rings. The minimum atomic E-state index is -0.976. The lowest BCUT2D eigenvalue weighted by Crippen LogP contribution is -2.12. The van der Waals surface area contributed by atoms with Crippen LogP contribution in [0.15, 0.2) is 40.8 Å². The number of carbonyl (C=O) groups is 1. The fraction of sp³-hybridized carbons (Fsp3) is 0.167. The topological polar surface area (TPSA) is 94.6 Å². The summed E-state index contributed by atoms with van der Waals surface area (Å²) in [6.45, 7) is 4.11. The number of hydrogen-bond donors (Lipinski definition) is 1. The Hall–Kier alpha value is -3.42. The van der Waals surface area contributed by atoms with Gasteiger partial charge in [0.15, 0.2) is 5.76 Å². The van der Waals surface area contributed by atoms with E-state index >= 15 is 0 Å². The summed E-state index contributed by atoms with van der Waals surface area (Å²) >= 11 is 0. The highest BCUT2D eigenvalue weighted by molar-refractivity contribution is 6.06. The molecule has 0 aliphatic heterocycles. The minimum absolute atomic E-state index is 0.0700. The Kier molecular flexibility index (Phi) is 4.57. The molecule has 26 heavy (non-hydrogen) atoms. The molecule has 1 heterocycles. The van der Waals surface area contributed by atoms with E-state index in [9.17, 15) is 19.3 Å². The first-order valence-electron chi connectivity index (χ1n) is 7.82. The largest absolute Gasteiger partial charge is 0.494 e. The van der Waals surface area contributed by atoms with Gasteiger partial charge in [-0.15, -0.1) is 0 Å². The number of aryl methyl sites for hydroxylation is 1. The van der Waals surface area contributed by atoms with Crippen molar-refractivity contribution in [2.24, 2.45) is 0 Å². The Morgan fingerprint density at radius 2 is 2.08 bits per heavy atom. The number of nitrogens with one attached hydrogen (secondary N) is 1. The van der Waals surface area contributed by atoms with Crippen LogP contribution in [0.4, 0.5) is 15.8 Å².